The molecular formula is C23H32N4O2S. The fourth-order valence-corrected chi connectivity index (χ4v) is 4.64. The van der Waals surface area contributed by atoms with Crippen LogP contribution in [-0.4, -0.2) is 65.9 Å². The third-order valence-corrected chi connectivity index (χ3v) is 6.79. The Morgan fingerprint density at radius 3 is 2.23 bits per heavy atom. The molecule has 6 nitrogen and oxygen atoms in total. The summed E-state index contributed by atoms with van der Waals surface area (Å²) in [4.78, 5) is 6.81. The predicted molar refractivity (Wildman–Crippen MR) is 126 cm³/mol. The van der Waals surface area contributed by atoms with E-state index in [1.807, 2.05) is 20.2 Å². The Hall–Kier alpha value is -2.35. The van der Waals surface area contributed by atoms with Crippen LogP contribution in [0.25, 0.3) is 0 Å². The average molecular weight is 429 g/mol. The third-order valence-electron chi connectivity index (χ3n) is 5.50. The number of nitrogens with zero attached hydrogens (tertiary/aromatic N) is 3. The highest BCUT2D eigenvalue weighted by Crippen LogP contribution is 2.26. The van der Waals surface area contributed by atoms with Crippen molar-refractivity contribution in [2.45, 2.75) is 6.04 Å². The predicted octanol–water partition coefficient (Wildman–Crippen LogP) is 2.72. The molecule has 0 saturated carbocycles. The van der Waals surface area contributed by atoms with Crippen molar-refractivity contribution in [1.82, 2.24) is 9.62 Å². The molecule has 0 unspecified atom stereocenters. The van der Waals surface area contributed by atoms with Crippen LogP contribution in [0.2, 0.25) is 0 Å². The van der Waals surface area contributed by atoms with Gasteiger partial charge in [-0.2, -0.15) is 0 Å². The van der Waals surface area contributed by atoms with E-state index >= 15 is 0 Å². The van der Waals surface area contributed by atoms with Gasteiger partial charge in [0.15, 0.2) is 0 Å². The Morgan fingerprint density at radius 1 is 1.03 bits per heavy atom. The van der Waals surface area contributed by atoms with E-state index in [0.29, 0.717) is 6.54 Å². The lowest BCUT2D eigenvalue weighted by molar-refractivity contribution is 0.187. The van der Waals surface area contributed by atoms with E-state index in [9.17, 15) is 8.42 Å². The van der Waals surface area contributed by atoms with Gasteiger partial charge in [-0.05, 0) is 29.8 Å². The third kappa shape index (κ3) is 5.84. The number of hydrogen-bond acceptors (Lipinski definition) is 5. The molecule has 3 rings (SSSR count). The van der Waals surface area contributed by atoms with Crippen molar-refractivity contribution in [3.8, 4) is 0 Å². The van der Waals surface area contributed by atoms with Gasteiger partial charge in [0.05, 0.1) is 5.75 Å². The summed E-state index contributed by atoms with van der Waals surface area (Å²) in [6.45, 7) is 7.47. The molecule has 0 spiro atoms. The van der Waals surface area contributed by atoms with Gasteiger partial charge in [-0.25, -0.2) is 13.1 Å². The van der Waals surface area contributed by atoms with Gasteiger partial charge >= 0.3 is 0 Å². The summed E-state index contributed by atoms with van der Waals surface area (Å²) < 4.78 is 27.2. The zero-order chi connectivity index (χ0) is 21.6. The van der Waals surface area contributed by atoms with Crippen molar-refractivity contribution >= 4 is 21.4 Å². The van der Waals surface area contributed by atoms with Crippen LogP contribution >= 0.6 is 0 Å². The Bertz CT molecular complexity index is 906. The molecule has 1 atom stereocenters. The maximum Gasteiger partial charge on any atom is 0.215 e. The Kier molecular flexibility index (Phi) is 7.53. The summed E-state index contributed by atoms with van der Waals surface area (Å²) >= 11 is 0. The lowest BCUT2D eigenvalue weighted by Crippen LogP contribution is -2.50. The minimum Gasteiger partial charge on any atom is -0.378 e. The van der Waals surface area contributed by atoms with Gasteiger partial charge in [0.2, 0.25) is 10.0 Å². The standard InChI is InChI=1S/C23H32N4O2S/c1-4-18-30(28,29)24-19-23(20-10-12-21(13-11-20)25(2)3)27-16-14-26(15-17-27)22-8-6-5-7-9-22/h4-13,23-24H,1,14-19H2,2-3H3/t23-/m1/s1. The van der Waals surface area contributed by atoms with Gasteiger partial charge in [0.1, 0.15) is 0 Å². The molecule has 0 bridgehead atoms. The number of anilines is 2. The van der Waals surface area contributed by atoms with E-state index in [1.165, 1.54) is 11.8 Å². The highest BCUT2D eigenvalue weighted by atomic mass is 32.2. The molecule has 0 radical (unpaired) electrons. The molecule has 1 aliphatic rings. The molecule has 1 heterocycles. The summed E-state index contributed by atoms with van der Waals surface area (Å²) in [5.41, 5.74) is 3.48. The van der Waals surface area contributed by atoms with Crippen molar-refractivity contribution in [3.05, 3.63) is 72.8 Å². The minimum atomic E-state index is -3.36. The summed E-state index contributed by atoms with van der Waals surface area (Å²) in [7, 11) is 0.663. The average Bonchev–Trinajstić information content (AvgIpc) is 2.75. The molecule has 0 aliphatic carbocycles. The molecule has 7 heteroatoms. The molecule has 1 aliphatic heterocycles. The van der Waals surface area contributed by atoms with Gasteiger partial charge in [-0.1, -0.05) is 36.4 Å². The fourth-order valence-electron chi connectivity index (χ4n) is 3.80. The number of para-hydroxylation sites is 1. The molecule has 2 aromatic rings. The largest absolute Gasteiger partial charge is 0.378 e. The maximum absolute atomic E-state index is 12.2. The van der Waals surface area contributed by atoms with Gasteiger partial charge in [-0.15, -0.1) is 6.58 Å². The molecule has 1 fully saturated rings. The number of rotatable bonds is 9. The van der Waals surface area contributed by atoms with Crippen LogP contribution < -0.4 is 14.5 Å². The maximum atomic E-state index is 12.2. The van der Waals surface area contributed by atoms with Crippen molar-refractivity contribution in [2.75, 3.05) is 62.4 Å². The van der Waals surface area contributed by atoms with Crippen molar-refractivity contribution in [1.29, 1.82) is 0 Å². The highest BCUT2D eigenvalue weighted by molar-refractivity contribution is 7.89. The van der Waals surface area contributed by atoms with E-state index in [2.05, 4.69) is 74.5 Å². The van der Waals surface area contributed by atoms with Gasteiger partial charge in [0, 0.05) is 64.2 Å². The second-order valence-corrected chi connectivity index (χ2v) is 9.63. The lowest BCUT2D eigenvalue weighted by atomic mass is 10.0. The quantitative estimate of drug-likeness (QED) is 0.623. The Labute approximate surface area is 180 Å². The number of hydrogen-bond donors (Lipinski definition) is 1. The van der Waals surface area contributed by atoms with Crippen LogP contribution in [0.5, 0.6) is 0 Å². The summed E-state index contributed by atoms with van der Waals surface area (Å²) in [6, 6.07) is 18.8. The van der Waals surface area contributed by atoms with E-state index in [4.69, 9.17) is 0 Å². The second-order valence-electron chi connectivity index (χ2n) is 7.78. The normalized spacial score (nSPS) is 16.3. The molecule has 1 saturated heterocycles. The molecule has 162 valence electrons. The van der Waals surface area contributed by atoms with Crippen LogP contribution in [0.15, 0.2) is 67.3 Å². The van der Waals surface area contributed by atoms with E-state index < -0.39 is 10.0 Å². The first-order valence-electron chi connectivity index (χ1n) is 10.3. The van der Waals surface area contributed by atoms with Crippen LogP contribution in [0.4, 0.5) is 11.4 Å². The van der Waals surface area contributed by atoms with Crippen LogP contribution in [0, 0.1) is 0 Å². The summed E-state index contributed by atoms with van der Waals surface area (Å²) in [5.74, 6) is -0.0684. The van der Waals surface area contributed by atoms with Crippen molar-refractivity contribution in [2.24, 2.45) is 0 Å². The molecule has 1 N–H and O–H groups in total. The molecule has 2 aromatic carbocycles. The monoisotopic (exact) mass is 428 g/mol. The van der Waals surface area contributed by atoms with Gasteiger partial charge < -0.3 is 9.80 Å². The lowest BCUT2D eigenvalue weighted by Gasteiger charge is -2.40. The van der Waals surface area contributed by atoms with Crippen molar-refractivity contribution in [3.63, 3.8) is 0 Å². The van der Waals surface area contributed by atoms with Crippen LogP contribution in [0.3, 0.4) is 0 Å². The van der Waals surface area contributed by atoms with Crippen LogP contribution in [-0.2, 0) is 10.0 Å². The molecule has 0 aromatic heterocycles. The van der Waals surface area contributed by atoms with Gasteiger partial charge in [-0.3, -0.25) is 4.90 Å². The Balaban J connectivity index is 1.74. The SMILES string of the molecule is C=CCS(=O)(=O)NC[C@H](c1ccc(N(C)C)cc1)N1CCN(c2ccccc2)CC1. The summed E-state index contributed by atoms with van der Waals surface area (Å²) in [6.07, 6.45) is 1.42. The first-order chi connectivity index (χ1) is 14.4. The van der Waals surface area contributed by atoms with E-state index in [1.54, 1.807) is 0 Å². The number of nitrogens with one attached hydrogen (secondary N) is 1. The number of sulfonamides is 1. The smallest absolute Gasteiger partial charge is 0.215 e. The first-order valence-corrected chi connectivity index (χ1v) is 11.9. The zero-order valence-electron chi connectivity index (χ0n) is 17.9. The van der Waals surface area contributed by atoms with E-state index in [0.717, 1.165) is 37.4 Å². The molecule has 0 amide bonds. The van der Waals surface area contributed by atoms with Gasteiger partial charge in [0.25, 0.3) is 0 Å². The Morgan fingerprint density at radius 2 is 1.67 bits per heavy atom. The zero-order valence-corrected chi connectivity index (χ0v) is 18.7. The topological polar surface area (TPSA) is 55.9 Å². The first kappa shape index (κ1) is 22.3. The van der Waals surface area contributed by atoms with E-state index in [-0.39, 0.29) is 11.8 Å². The second kappa shape index (κ2) is 10.1. The number of piperazine rings is 1. The van der Waals surface area contributed by atoms with Crippen molar-refractivity contribution < 1.29 is 8.42 Å². The minimum absolute atomic E-state index is 0.0151. The summed E-state index contributed by atoms with van der Waals surface area (Å²) in [5, 5.41) is 0. The molecular weight excluding hydrogens is 396 g/mol. The molecule has 30 heavy (non-hydrogen) atoms. The fraction of sp³-hybridized carbons (Fsp3) is 0.391. The number of benzene rings is 2. The van der Waals surface area contributed by atoms with Crippen LogP contribution in [0.1, 0.15) is 11.6 Å². The highest BCUT2D eigenvalue weighted by Gasteiger charge is 2.26.